The van der Waals surface area contributed by atoms with Gasteiger partial charge < -0.3 is 10.1 Å². The molecule has 2 atom stereocenters. The van der Waals surface area contributed by atoms with Gasteiger partial charge in [-0.15, -0.1) is 0 Å². The summed E-state index contributed by atoms with van der Waals surface area (Å²) in [5.41, 5.74) is 1.37. The van der Waals surface area contributed by atoms with E-state index in [0.29, 0.717) is 12.1 Å². The van der Waals surface area contributed by atoms with Crippen LogP contribution in [0.1, 0.15) is 25.8 Å². The topological polar surface area (TPSA) is 24.5 Å². The molecule has 110 valence electrons. The molecule has 20 heavy (non-hydrogen) atoms. The number of hydrogen-bond acceptors (Lipinski definition) is 3. The zero-order chi connectivity index (χ0) is 13.9. The summed E-state index contributed by atoms with van der Waals surface area (Å²) in [5.74, 6) is 1.84. The van der Waals surface area contributed by atoms with Gasteiger partial charge in [0.1, 0.15) is 11.9 Å². The van der Waals surface area contributed by atoms with Gasteiger partial charge in [0.05, 0.1) is 0 Å². The Morgan fingerprint density at radius 3 is 3.00 bits per heavy atom. The Bertz CT molecular complexity index is 421. The number of para-hydroxylation sites is 1. The molecule has 1 N–H and O–H groups in total. The lowest BCUT2D eigenvalue weighted by Crippen LogP contribution is -2.54. The van der Waals surface area contributed by atoms with Crippen molar-refractivity contribution in [3.05, 3.63) is 29.8 Å². The Labute approximate surface area is 122 Å². The van der Waals surface area contributed by atoms with Gasteiger partial charge in [0.15, 0.2) is 0 Å². The van der Waals surface area contributed by atoms with Crippen LogP contribution in [0.15, 0.2) is 24.3 Å². The highest BCUT2D eigenvalue weighted by molar-refractivity contribution is 5.37. The molecule has 3 nitrogen and oxygen atoms in total. The van der Waals surface area contributed by atoms with E-state index in [1.165, 1.54) is 12.0 Å². The van der Waals surface area contributed by atoms with Crippen LogP contribution in [0.4, 0.5) is 0 Å². The average molecular weight is 274 g/mol. The summed E-state index contributed by atoms with van der Waals surface area (Å²) in [7, 11) is 0. The molecule has 2 aliphatic heterocycles. The third-order valence-electron chi connectivity index (χ3n) is 4.37. The normalized spacial score (nSPS) is 26.6. The molecule has 0 aromatic heterocycles. The first-order valence-corrected chi connectivity index (χ1v) is 7.91. The Kier molecular flexibility index (Phi) is 4.27. The van der Waals surface area contributed by atoms with Crippen LogP contribution in [0, 0.1) is 5.92 Å². The van der Waals surface area contributed by atoms with Gasteiger partial charge in [-0.1, -0.05) is 32.0 Å². The summed E-state index contributed by atoms with van der Waals surface area (Å²) in [4.78, 5) is 2.63. The van der Waals surface area contributed by atoms with Crippen molar-refractivity contribution < 1.29 is 4.74 Å². The van der Waals surface area contributed by atoms with Gasteiger partial charge in [-0.25, -0.2) is 0 Å². The summed E-state index contributed by atoms with van der Waals surface area (Å²) < 4.78 is 6.10. The Hall–Kier alpha value is -1.06. The number of piperazine rings is 1. The summed E-state index contributed by atoms with van der Waals surface area (Å²) in [6.45, 7) is 9.07. The summed E-state index contributed by atoms with van der Waals surface area (Å²) >= 11 is 0. The van der Waals surface area contributed by atoms with Crippen LogP contribution in [-0.4, -0.2) is 43.2 Å². The van der Waals surface area contributed by atoms with Gasteiger partial charge in [0, 0.05) is 38.6 Å². The number of nitrogens with one attached hydrogen (secondary N) is 1. The highest BCUT2D eigenvalue weighted by Crippen LogP contribution is 2.29. The molecule has 0 saturated carbocycles. The second-order valence-electron chi connectivity index (χ2n) is 6.53. The lowest BCUT2D eigenvalue weighted by Gasteiger charge is -2.38. The number of fused-ring (bicyclic) bond motifs is 1. The van der Waals surface area contributed by atoms with E-state index >= 15 is 0 Å². The predicted molar refractivity (Wildman–Crippen MR) is 82.2 cm³/mol. The maximum absolute atomic E-state index is 6.10. The monoisotopic (exact) mass is 274 g/mol. The van der Waals surface area contributed by atoms with Gasteiger partial charge in [0.2, 0.25) is 0 Å². The fraction of sp³-hybridized carbons (Fsp3) is 0.647. The van der Waals surface area contributed by atoms with Crippen molar-refractivity contribution in [2.24, 2.45) is 5.92 Å². The lowest BCUT2D eigenvalue weighted by molar-refractivity contribution is 0.0881. The molecule has 1 saturated heterocycles. The van der Waals surface area contributed by atoms with Gasteiger partial charge in [-0.2, -0.15) is 0 Å². The molecule has 0 aliphatic carbocycles. The standard InChI is InChI=1S/C17H26N2O/c1-13(2)9-15-11-18-7-8-19(15)12-16-10-14-5-3-4-6-17(14)20-16/h3-6,13,15-16,18H,7-12H2,1-2H3. The van der Waals surface area contributed by atoms with Gasteiger partial charge in [-0.3, -0.25) is 4.90 Å². The molecule has 0 spiro atoms. The van der Waals surface area contributed by atoms with Gasteiger partial charge >= 0.3 is 0 Å². The van der Waals surface area contributed by atoms with E-state index < -0.39 is 0 Å². The number of ether oxygens (including phenoxy) is 1. The summed E-state index contributed by atoms with van der Waals surface area (Å²) in [6, 6.07) is 9.12. The highest BCUT2D eigenvalue weighted by Gasteiger charge is 2.29. The molecule has 2 heterocycles. The zero-order valence-electron chi connectivity index (χ0n) is 12.6. The molecular formula is C17H26N2O. The van der Waals surface area contributed by atoms with Crippen LogP contribution < -0.4 is 10.1 Å². The largest absolute Gasteiger partial charge is 0.488 e. The van der Waals surface area contributed by atoms with Crippen molar-refractivity contribution in [1.82, 2.24) is 10.2 Å². The van der Waals surface area contributed by atoms with E-state index in [2.05, 4.69) is 48.3 Å². The predicted octanol–water partition coefficient (Wildman–Crippen LogP) is 2.31. The van der Waals surface area contributed by atoms with Crippen LogP contribution in [0.2, 0.25) is 0 Å². The van der Waals surface area contributed by atoms with Crippen molar-refractivity contribution in [2.45, 2.75) is 38.8 Å². The number of benzene rings is 1. The van der Waals surface area contributed by atoms with Crippen molar-refractivity contribution in [1.29, 1.82) is 0 Å². The number of hydrogen-bond donors (Lipinski definition) is 1. The fourth-order valence-electron chi connectivity index (χ4n) is 3.44. The molecule has 3 heteroatoms. The SMILES string of the molecule is CC(C)CC1CNCCN1CC1Cc2ccccc2O1. The van der Waals surface area contributed by atoms with Crippen LogP contribution in [0.25, 0.3) is 0 Å². The minimum atomic E-state index is 0.333. The first-order valence-electron chi connectivity index (χ1n) is 7.91. The Balaban J connectivity index is 1.60. The Morgan fingerprint density at radius 2 is 2.20 bits per heavy atom. The Morgan fingerprint density at radius 1 is 1.35 bits per heavy atom. The molecule has 1 aromatic carbocycles. The first kappa shape index (κ1) is 13.9. The van der Waals surface area contributed by atoms with E-state index in [-0.39, 0.29) is 0 Å². The molecule has 1 aromatic rings. The molecule has 2 unspecified atom stereocenters. The molecule has 0 bridgehead atoms. The zero-order valence-corrected chi connectivity index (χ0v) is 12.6. The minimum absolute atomic E-state index is 0.333. The van der Waals surface area contributed by atoms with Crippen molar-refractivity contribution in [3.63, 3.8) is 0 Å². The van der Waals surface area contributed by atoms with Crippen LogP contribution in [-0.2, 0) is 6.42 Å². The fourth-order valence-corrected chi connectivity index (χ4v) is 3.44. The smallest absolute Gasteiger partial charge is 0.123 e. The second kappa shape index (κ2) is 6.15. The number of nitrogens with zero attached hydrogens (tertiary/aromatic N) is 1. The molecule has 1 fully saturated rings. The highest BCUT2D eigenvalue weighted by atomic mass is 16.5. The summed E-state index contributed by atoms with van der Waals surface area (Å²) in [5, 5.41) is 3.53. The molecule has 3 rings (SSSR count). The first-order chi connectivity index (χ1) is 9.72. The molecule has 2 aliphatic rings. The van der Waals surface area contributed by atoms with Crippen molar-refractivity contribution in [2.75, 3.05) is 26.2 Å². The third kappa shape index (κ3) is 3.15. The van der Waals surface area contributed by atoms with Crippen LogP contribution in [0.5, 0.6) is 5.75 Å². The quantitative estimate of drug-likeness (QED) is 0.912. The summed E-state index contributed by atoms with van der Waals surface area (Å²) in [6.07, 6.45) is 2.67. The van der Waals surface area contributed by atoms with Crippen LogP contribution in [0.3, 0.4) is 0 Å². The van der Waals surface area contributed by atoms with E-state index in [9.17, 15) is 0 Å². The van der Waals surface area contributed by atoms with E-state index in [4.69, 9.17) is 4.74 Å². The lowest BCUT2D eigenvalue weighted by atomic mass is 10.00. The van der Waals surface area contributed by atoms with Gasteiger partial charge in [-0.05, 0) is 24.0 Å². The average Bonchev–Trinajstić information content (AvgIpc) is 2.82. The van der Waals surface area contributed by atoms with Crippen LogP contribution >= 0.6 is 0 Å². The van der Waals surface area contributed by atoms with Crippen molar-refractivity contribution >= 4 is 0 Å². The van der Waals surface area contributed by atoms with E-state index in [1.54, 1.807) is 0 Å². The number of rotatable bonds is 4. The third-order valence-corrected chi connectivity index (χ3v) is 4.37. The molecule has 0 amide bonds. The van der Waals surface area contributed by atoms with Crippen molar-refractivity contribution in [3.8, 4) is 5.75 Å². The maximum atomic E-state index is 6.10. The van der Waals surface area contributed by atoms with Gasteiger partial charge in [0.25, 0.3) is 0 Å². The molecule has 0 radical (unpaired) electrons. The maximum Gasteiger partial charge on any atom is 0.123 e. The van der Waals surface area contributed by atoms with E-state index in [1.807, 2.05) is 0 Å². The van der Waals surface area contributed by atoms with E-state index in [0.717, 1.165) is 44.3 Å². The molecular weight excluding hydrogens is 248 g/mol. The minimum Gasteiger partial charge on any atom is -0.488 e. The second-order valence-corrected chi connectivity index (χ2v) is 6.53.